The normalized spacial score (nSPS) is 10.4. The van der Waals surface area contributed by atoms with Crippen molar-refractivity contribution in [1.82, 2.24) is 9.97 Å². The van der Waals surface area contributed by atoms with Crippen LogP contribution in [0.15, 0.2) is 40.5 Å². The molecule has 1 N–H and O–H groups in total. The first-order chi connectivity index (χ1) is 7.66. The molecular weight excluding hydrogens is 227 g/mol. The minimum absolute atomic E-state index is 0.149. The van der Waals surface area contributed by atoms with Crippen molar-refractivity contribution < 1.29 is 9.50 Å². The van der Waals surface area contributed by atoms with Gasteiger partial charge in [0.2, 0.25) is 0 Å². The number of halogens is 1. The maximum absolute atomic E-state index is 13.6. The van der Waals surface area contributed by atoms with Crippen LogP contribution in [0.2, 0.25) is 0 Å². The van der Waals surface area contributed by atoms with Gasteiger partial charge in [0.05, 0.1) is 5.69 Å². The highest BCUT2D eigenvalue weighted by molar-refractivity contribution is 7.99. The molecule has 1 heterocycles. The summed E-state index contributed by atoms with van der Waals surface area (Å²) in [5.41, 5.74) is 0.317. The Morgan fingerprint density at radius 2 is 2.12 bits per heavy atom. The summed E-state index contributed by atoms with van der Waals surface area (Å²) in [6.45, 7) is 1.59. The Kier molecular flexibility index (Phi) is 3.05. The molecule has 2 rings (SSSR count). The lowest BCUT2D eigenvalue weighted by Gasteiger charge is -2.03. The zero-order chi connectivity index (χ0) is 11.5. The second kappa shape index (κ2) is 4.49. The average Bonchev–Trinajstić information content (AvgIpc) is 2.25. The van der Waals surface area contributed by atoms with Crippen molar-refractivity contribution in [2.24, 2.45) is 0 Å². The zero-order valence-electron chi connectivity index (χ0n) is 8.51. The molecule has 0 saturated heterocycles. The van der Waals surface area contributed by atoms with Crippen LogP contribution in [0.5, 0.6) is 5.75 Å². The number of benzene rings is 1. The van der Waals surface area contributed by atoms with E-state index in [0.29, 0.717) is 5.69 Å². The molecule has 82 valence electrons. The summed E-state index contributed by atoms with van der Waals surface area (Å²) < 4.78 is 13.6. The topological polar surface area (TPSA) is 46.0 Å². The van der Waals surface area contributed by atoms with Gasteiger partial charge in [-0.25, -0.2) is 14.4 Å². The summed E-state index contributed by atoms with van der Waals surface area (Å²) in [5.74, 6) is -0.271. The second-order valence-corrected chi connectivity index (χ2v) is 4.24. The molecule has 16 heavy (non-hydrogen) atoms. The van der Waals surface area contributed by atoms with Crippen LogP contribution in [0.1, 0.15) is 5.69 Å². The van der Waals surface area contributed by atoms with Crippen molar-refractivity contribution in [3.05, 3.63) is 42.1 Å². The van der Waals surface area contributed by atoms with Gasteiger partial charge in [-0.3, -0.25) is 0 Å². The molecule has 0 unspecified atom stereocenters. The van der Waals surface area contributed by atoms with E-state index in [-0.39, 0.29) is 10.8 Å². The number of rotatable bonds is 2. The van der Waals surface area contributed by atoms with E-state index < -0.39 is 5.82 Å². The molecule has 0 bridgehead atoms. The van der Waals surface area contributed by atoms with Crippen LogP contribution in [0.3, 0.4) is 0 Å². The minimum atomic E-state index is -0.421. The minimum Gasteiger partial charge on any atom is -0.508 e. The summed E-state index contributed by atoms with van der Waals surface area (Å²) in [7, 11) is 0. The third-order valence-corrected chi connectivity index (χ3v) is 2.93. The van der Waals surface area contributed by atoms with E-state index in [0.717, 1.165) is 16.7 Å². The Morgan fingerprint density at radius 3 is 2.88 bits per heavy atom. The molecule has 0 fully saturated rings. The standard InChI is InChI=1S/C11H9FN2OS/c1-7-10(12)11(14-6-13-7)16-9-4-2-3-8(15)5-9/h2-6,15H,1H3. The lowest BCUT2D eigenvalue weighted by atomic mass is 10.3. The van der Waals surface area contributed by atoms with Crippen molar-refractivity contribution >= 4 is 11.8 Å². The van der Waals surface area contributed by atoms with Gasteiger partial charge in [0.15, 0.2) is 5.82 Å². The molecule has 1 aromatic carbocycles. The summed E-state index contributed by atoms with van der Waals surface area (Å²) >= 11 is 1.16. The first-order valence-corrected chi connectivity index (χ1v) is 5.42. The van der Waals surface area contributed by atoms with Crippen LogP contribution >= 0.6 is 11.8 Å². The zero-order valence-corrected chi connectivity index (χ0v) is 9.33. The van der Waals surface area contributed by atoms with E-state index in [1.54, 1.807) is 31.2 Å². The number of hydrogen-bond donors (Lipinski definition) is 1. The summed E-state index contributed by atoms with van der Waals surface area (Å²) in [6, 6.07) is 6.60. The fourth-order valence-corrected chi connectivity index (χ4v) is 2.05. The Bertz CT molecular complexity index is 519. The summed E-state index contributed by atoms with van der Waals surface area (Å²) in [4.78, 5) is 8.34. The van der Waals surface area contributed by atoms with Crippen LogP contribution in [-0.2, 0) is 0 Å². The molecule has 0 atom stereocenters. The van der Waals surface area contributed by atoms with Crippen molar-refractivity contribution in [2.45, 2.75) is 16.8 Å². The van der Waals surface area contributed by atoms with Crippen LogP contribution in [-0.4, -0.2) is 15.1 Å². The Morgan fingerprint density at radius 1 is 1.31 bits per heavy atom. The van der Waals surface area contributed by atoms with Gasteiger partial charge in [-0.1, -0.05) is 17.8 Å². The Balaban J connectivity index is 2.31. The van der Waals surface area contributed by atoms with Crippen molar-refractivity contribution in [1.29, 1.82) is 0 Å². The van der Waals surface area contributed by atoms with E-state index in [2.05, 4.69) is 9.97 Å². The van der Waals surface area contributed by atoms with Gasteiger partial charge < -0.3 is 5.11 Å². The van der Waals surface area contributed by atoms with Crippen LogP contribution in [0.4, 0.5) is 4.39 Å². The summed E-state index contributed by atoms with van der Waals surface area (Å²) in [6.07, 6.45) is 1.32. The molecule has 0 radical (unpaired) electrons. The number of phenols is 1. The van der Waals surface area contributed by atoms with Gasteiger partial charge in [-0.05, 0) is 25.1 Å². The van der Waals surface area contributed by atoms with Gasteiger partial charge in [-0.2, -0.15) is 0 Å². The average molecular weight is 236 g/mol. The van der Waals surface area contributed by atoms with E-state index >= 15 is 0 Å². The van der Waals surface area contributed by atoms with Gasteiger partial charge in [-0.15, -0.1) is 0 Å². The molecule has 5 heteroatoms. The van der Waals surface area contributed by atoms with Crippen molar-refractivity contribution in [3.63, 3.8) is 0 Å². The number of hydrogen-bond acceptors (Lipinski definition) is 4. The van der Waals surface area contributed by atoms with Gasteiger partial charge >= 0.3 is 0 Å². The SMILES string of the molecule is Cc1ncnc(Sc2cccc(O)c2)c1F. The molecule has 0 saturated carbocycles. The van der Waals surface area contributed by atoms with Gasteiger partial charge in [0.25, 0.3) is 0 Å². The van der Waals surface area contributed by atoms with Crippen molar-refractivity contribution in [3.8, 4) is 5.75 Å². The first-order valence-electron chi connectivity index (χ1n) is 4.61. The highest BCUT2D eigenvalue weighted by Gasteiger charge is 2.09. The molecular formula is C11H9FN2OS. The third-order valence-electron chi connectivity index (χ3n) is 1.96. The third kappa shape index (κ3) is 2.30. The molecule has 0 aliphatic rings. The van der Waals surface area contributed by atoms with E-state index in [1.807, 2.05) is 0 Å². The van der Waals surface area contributed by atoms with E-state index in [1.165, 1.54) is 6.33 Å². The van der Waals surface area contributed by atoms with Crippen molar-refractivity contribution in [2.75, 3.05) is 0 Å². The maximum atomic E-state index is 13.6. The number of phenolic OH excluding ortho intramolecular Hbond substituents is 1. The monoisotopic (exact) mass is 236 g/mol. The molecule has 2 aromatic rings. The van der Waals surface area contributed by atoms with E-state index in [4.69, 9.17) is 0 Å². The van der Waals surface area contributed by atoms with Crippen LogP contribution in [0, 0.1) is 12.7 Å². The summed E-state index contributed by atoms with van der Waals surface area (Å²) in [5, 5.41) is 9.54. The molecule has 1 aromatic heterocycles. The van der Waals surface area contributed by atoms with Crippen LogP contribution < -0.4 is 0 Å². The lowest BCUT2D eigenvalue weighted by Crippen LogP contribution is -1.93. The van der Waals surface area contributed by atoms with Crippen LogP contribution in [0.25, 0.3) is 0 Å². The second-order valence-electron chi connectivity index (χ2n) is 3.18. The highest BCUT2D eigenvalue weighted by Crippen LogP contribution is 2.30. The lowest BCUT2D eigenvalue weighted by molar-refractivity contribution is 0.474. The van der Waals surface area contributed by atoms with Gasteiger partial charge in [0, 0.05) is 4.90 Å². The molecule has 0 spiro atoms. The predicted molar refractivity (Wildman–Crippen MR) is 59.0 cm³/mol. The van der Waals surface area contributed by atoms with Gasteiger partial charge in [0.1, 0.15) is 17.1 Å². The smallest absolute Gasteiger partial charge is 0.176 e. The maximum Gasteiger partial charge on any atom is 0.176 e. The first kappa shape index (κ1) is 10.9. The molecule has 0 amide bonds. The molecule has 0 aliphatic heterocycles. The largest absolute Gasteiger partial charge is 0.508 e. The molecule has 3 nitrogen and oxygen atoms in total. The Hall–Kier alpha value is -1.62. The number of aryl methyl sites for hydroxylation is 1. The number of nitrogens with zero attached hydrogens (tertiary/aromatic N) is 2. The highest BCUT2D eigenvalue weighted by atomic mass is 32.2. The fourth-order valence-electron chi connectivity index (χ4n) is 1.17. The fraction of sp³-hybridized carbons (Fsp3) is 0.0909. The predicted octanol–water partition coefficient (Wildman–Crippen LogP) is 2.78. The van der Waals surface area contributed by atoms with E-state index in [9.17, 15) is 9.50 Å². The number of aromatic nitrogens is 2. The number of aromatic hydroxyl groups is 1. The molecule has 0 aliphatic carbocycles. The quantitative estimate of drug-likeness (QED) is 0.814. The Labute approximate surface area is 96.4 Å².